The Hall–Kier alpha value is -3.89. The molecule has 0 fully saturated rings. The summed E-state index contributed by atoms with van der Waals surface area (Å²) in [7, 11) is 0. The van der Waals surface area contributed by atoms with Crippen molar-refractivity contribution in [2.45, 2.75) is 6.92 Å². The molecule has 2 aromatic heterocycles. The van der Waals surface area contributed by atoms with Gasteiger partial charge in [-0.05, 0) is 24.6 Å². The lowest BCUT2D eigenvalue weighted by molar-refractivity contribution is 0.104. The van der Waals surface area contributed by atoms with Gasteiger partial charge in [-0.1, -0.05) is 42.0 Å². The Morgan fingerprint density at radius 1 is 1.10 bits per heavy atom. The summed E-state index contributed by atoms with van der Waals surface area (Å²) in [4.78, 5) is 18.2. The van der Waals surface area contributed by atoms with Gasteiger partial charge in [-0.15, -0.1) is 11.3 Å². The first kappa shape index (κ1) is 18.5. The van der Waals surface area contributed by atoms with Crippen LogP contribution in [0.5, 0.6) is 5.75 Å². The van der Waals surface area contributed by atoms with Gasteiger partial charge in [0.15, 0.2) is 0 Å². The number of hydrogen-bond donors (Lipinski definition) is 3. The van der Waals surface area contributed by atoms with Crippen LogP contribution in [0.1, 0.15) is 26.4 Å². The number of rotatable bonds is 3. The number of phenols is 1. The third-order valence-corrected chi connectivity index (χ3v) is 5.79. The summed E-state index contributed by atoms with van der Waals surface area (Å²) in [6, 6.07) is 15.7. The van der Waals surface area contributed by atoms with Crippen LogP contribution in [-0.4, -0.2) is 15.9 Å². The molecule has 2 aromatic carbocycles. The van der Waals surface area contributed by atoms with Gasteiger partial charge in [-0.25, -0.2) is 4.98 Å². The number of benzene rings is 2. The number of thiophene rings is 1. The number of carbonyl (C=O) groups is 1. The third-order valence-electron chi connectivity index (χ3n) is 4.69. The van der Waals surface area contributed by atoms with Crippen LogP contribution in [0.3, 0.4) is 0 Å². The lowest BCUT2D eigenvalue weighted by Crippen LogP contribution is -2.02. The Morgan fingerprint density at radius 3 is 2.38 bits per heavy atom. The van der Waals surface area contributed by atoms with Crippen molar-refractivity contribution in [1.29, 1.82) is 5.26 Å². The number of nitriles is 1. The van der Waals surface area contributed by atoms with E-state index in [0.29, 0.717) is 31.8 Å². The van der Waals surface area contributed by atoms with Crippen molar-refractivity contribution in [1.82, 2.24) is 4.98 Å². The van der Waals surface area contributed by atoms with Gasteiger partial charge in [0.05, 0.1) is 5.69 Å². The first-order valence-corrected chi connectivity index (χ1v) is 9.54. The van der Waals surface area contributed by atoms with Crippen molar-refractivity contribution < 1.29 is 9.90 Å². The molecule has 0 saturated carbocycles. The summed E-state index contributed by atoms with van der Waals surface area (Å²) in [5, 5.41) is 19.8. The van der Waals surface area contributed by atoms with Crippen LogP contribution in [0.15, 0.2) is 48.5 Å². The molecule has 4 rings (SSSR count). The lowest BCUT2D eigenvalue weighted by Gasteiger charge is -2.09. The maximum absolute atomic E-state index is 13.1. The minimum absolute atomic E-state index is 0.0682. The molecule has 0 radical (unpaired) electrons. The molecule has 29 heavy (non-hydrogen) atoms. The summed E-state index contributed by atoms with van der Waals surface area (Å²) < 4.78 is 0. The van der Waals surface area contributed by atoms with Gasteiger partial charge >= 0.3 is 0 Å². The summed E-state index contributed by atoms with van der Waals surface area (Å²) in [6.45, 7) is 1.95. The van der Waals surface area contributed by atoms with Gasteiger partial charge in [0.25, 0.3) is 0 Å². The maximum atomic E-state index is 13.1. The smallest absolute Gasteiger partial charge is 0.205 e. The van der Waals surface area contributed by atoms with E-state index in [2.05, 4.69) is 11.1 Å². The van der Waals surface area contributed by atoms with Crippen LogP contribution in [-0.2, 0) is 0 Å². The zero-order valence-electron chi connectivity index (χ0n) is 15.4. The lowest BCUT2D eigenvalue weighted by atomic mass is 9.96. The Labute approximate surface area is 170 Å². The Morgan fingerprint density at radius 2 is 1.76 bits per heavy atom. The average Bonchev–Trinajstić information content (AvgIpc) is 3.03. The van der Waals surface area contributed by atoms with Crippen molar-refractivity contribution in [2.75, 3.05) is 11.5 Å². The highest BCUT2D eigenvalue weighted by molar-refractivity contribution is 7.21. The number of ketones is 1. The monoisotopic (exact) mass is 400 g/mol. The second kappa shape index (κ2) is 6.93. The van der Waals surface area contributed by atoms with E-state index in [-0.39, 0.29) is 28.6 Å². The van der Waals surface area contributed by atoms with E-state index in [4.69, 9.17) is 11.5 Å². The van der Waals surface area contributed by atoms with Crippen molar-refractivity contribution in [2.24, 2.45) is 0 Å². The molecular weight excluding hydrogens is 384 g/mol. The van der Waals surface area contributed by atoms with Crippen molar-refractivity contribution in [3.63, 3.8) is 0 Å². The molecule has 0 aliphatic carbocycles. The third kappa shape index (κ3) is 3.06. The first-order chi connectivity index (χ1) is 13.9. The minimum Gasteiger partial charge on any atom is -0.508 e. The standard InChI is InChI=1S/C22H16N4O2S/c1-11-2-4-13(5-3-11)19(28)20-18(24)17-16(12-6-8-14(27)9-7-12)15(10-23)21(25)26-22(17)29-20/h2-9,27H,24H2,1H3,(H2,25,26). The number of nitrogens with two attached hydrogens (primary N) is 2. The fraction of sp³-hybridized carbons (Fsp3) is 0.0455. The molecule has 142 valence electrons. The number of nitrogens with zero attached hydrogens (tertiary/aromatic N) is 2. The first-order valence-electron chi connectivity index (χ1n) is 8.73. The number of anilines is 2. The van der Waals surface area contributed by atoms with Gasteiger partial charge in [0.1, 0.15) is 32.9 Å². The number of fused-ring (bicyclic) bond motifs is 1. The Kier molecular flexibility index (Phi) is 4.41. The number of phenolic OH excluding ortho intramolecular Hbond substituents is 1. The SMILES string of the molecule is Cc1ccc(C(=O)c2sc3nc(N)c(C#N)c(-c4ccc(O)cc4)c3c2N)cc1. The molecule has 0 aliphatic heterocycles. The van der Waals surface area contributed by atoms with Gasteiger partial charge in [0, 0.05) is 16.5 Å². The largest absolute Gasteiger partial charge is 0.508 e. The number of pyridine rings is 1. The van der Waals surface area contributed by atoms with Crippen LogP contribution in [0.4, 0.5) is 11.5 Å². The number of aromatic nitrogens is 1. The highest BCUT2D eigenvalue weighted by Gasteiger charge is 2.24. The van der Waals surface area contributed by atoms with Crippen molar-refractivity contribution >= 4 is 38.8 Å². The Bertz CT molecular complexity index is 1300. The number of carbonyl (C=O) groups excluding carboxylic acids is 1. The second-order valence-electron chi connectivity index (χ2n) is 6.63. The molecule has 6 nitrogen and oxygen atoms in total. The van der Waals surface area contributed by atoms with E-state index in [0.717, 1.165) is 16.9 Å². The zero-order valence-corrected chi connectivity index (χ0v) is 16.2. The molecule has 5 N–H and O–H groups in total. The minimum atomic E-state index is -0.209. The van der Waals surface area contributed by atoms with Crippen LogP contribution in [0.2, 0.25) is 0 Å². The molecule has 0 atom stereocenters. The van der Waals surface area contributed by atoms with E-state index in [1.165, 1.54) is 12.1 Å². The van der Waals surface area contributed by atoms with Crippen LogP contribution in [0.25, 0.3) is 21.3 Å². The van der Waals surface area contributed by atoms with Crippen LogP contribution < -0.4 is 11.5 Å². The molecule has 0 spiro atoms. The number of aromatic hydroxyl groups is 1. The molecule has 0 bridgehead atoms. The molecule has 0 aliphatic rings. The highest BCUT2D eigenvalue weighted by Crippen LogP contribution is 2.43. The van der Waals surface area contributed by atoms with Gasteiger partial charge in [-0.2, -0.15) is 5.26 Å². The maximum Gasteiger partial charge on any atom is 0.205 e. The van der Waals surface area contributed by atoms with E-state index < -0.39 is 0 Å². The molecule has 7 heteroatoms. The van der Waals surface area contributed by atoms with E-state index >= 15 is 0 Å². The predicted molar refractivity (Wildman–Crippen MR) is 115 cm³/mol. The summed E-state index contributed by atoms with van der Waals surface area (Å²) in [5.41, 5.74) is 15.6. The number of hydrogen-bond acceptors (Lipinski definition) is 7. The number of nitrogen functional groups attached to an aromatic ring is 2. The summed E-state index contributed by atoms with van der Waals surface area (Å²) in [5.74, 6) is -0.0445. The average molecular weight is 400 g/mol. The van der Waals surface area contributed by atoms with Crippen LogP contribution >= 0.6 is 11.3 Å². The molecule has 0 saturated heterocycles. The van der Waals surface area contributed by atoms with Gasteiger partial charge in [0.2, 0.25) is 5.78 Å². The van der Waals surface area contributed by atoms with Crippen LogP contribution in [0, 0.1) is 18.3 Å². The van der Waals surface area contributed by atoms with E-state index in [1.807, 2.05) is 19.1 Å². The fourth-order valence-corrected chi connectivity index (χ4v) is 4.28. The van der Waals surface area contributed by atoms with Crippen molar-refractivity contribution in [3.05, 3.63) is 70.1 Å². The topological polar surface area (TPSA) is 126 Å². The van der Waals surface area contributed by atoms with Crippen molar-refractivity contribution in [3.8, 4) is 22.9 Å². The predicted octanol–water partition coefficient (Wildman–Crippen LogP) is 4.24. The quantitative estimate of drug-likeness (QED) is 0.442. The van der Waals surface area contributed by atoms with E-state index in [1.54, 1.807) is 24.3 Å². The molecular formula is C22H16N4O2S. The van der Waals surface area contributed by atoms with Gasteiger partial charge in [-0.3, -0.25) is 4.79 Å². The second-order valence-corrected chi connectivity index (χ2v) is 7.62. The zero-order chi connectivity index (χ0) is 20.7. The molecule has 4 aromatic rings. The molecule has 0 unspecified atom stereocenters. The molecule has 0 amide bonds. The highest BCUT2D eigenvalue weighted by atomic mass is 32.1. The molecule has 2 heterocycles. The fourth-order valence-electron chi connectivity index (χ4n) is 3.20. The number of aryl methyl sites for hydroxylation is 1. The van der Waals surface area contributed by atoms with Gasteiger partial charge < -0.3 is 16.6 Å². The summed E-state index contributed by atoms with van der Waals surface area (Å²) >= 11 is 1.15. The normalized spacial score (nSPS) is 10.8. The van der Waals surface area contributed by atoms with E-state index in [9.17, 15) is 15.2 Å². The Balaban J connectivity index is 2.00. The summed E-state index contributed by atoms with van der Waals surface area (Å²) in [6.07, 6.45) is 0.